The van der Waals surface area contributed by atoms with Gasteiger partial charge in [-0.3, -0.25) is 0 Å². The molecule has 1 aromatic carbocycles. The Morgan fingerprint density at radius 3 is 2.52 bits per heavy atom. The summed E-state index contributed by atoms with van der Waals surface area (Å²) >= 11 is 5.94. The third kappa shape index (κ3) is 4.68. The lowest BCUT2D eigenvalue weighted by atomic mass is 9.94. The summed E-state index contributed by atoms with van der Waals surface area (Å²) < 4.78 is 33.8. The van der Waals surface area contributed by atoms with Gasteiger partial charge in [-0.2, -0.15) is 0 Å². The number of nitrogens with zero attached hydrogens (tertiary/aromatic N) is 2. The Labute approximate surface area is 152 Å². The fourth-order valence-electron chi connectivity index (χ4n) is 2.94. The third-order valence-electron chi connectivity index (χ3n) is 4.25. The highest BCUT2D eigenvalue weighted by Crippen LogP contribution is 2.25. The summed E-state index contributed by atoms with van der Waals surface area (Å²) in [6, 6.07) is 6.86. The van der Waals surface area contributed by atoms with Crippen molar-refractivity contribution >= 4 is 21.6 Å². The third-order valence-corrected chi connectivity index (χ3v) is 6.15. The fraction of sp³-hybridized carbons (Fsp3) is 0.412. The number of aryl methyl sites for hydroxylation is 1. The van der Waals surface area contributed by atoms with Crippen molar-refractivity contribution in [3.63, 3.8) is 0 Å². The lowest BCUT2D eigenvalue weighted by molar-refractivity contribution is 0.132. The largest absolute Gasteiger partial charge is 0.460 e. The Balaban J connectivity index is 1.59. The second-order valence-electron chi connectivity index (χ2n) is 6.15. The number of hydrogen-bond donors (Lipinski definition) is 1. The molecule has 3 rings (SSSR count). The van der Waals surface area contributed by atoms with E-state index in [4.69, 9.17) is 16.3 Å². The minimum atomic E-state index is -3.59. The van der Waals surface area contributed by atoms with E-state index in [2.05, 4.69) is 14.7 Å². The van der Waals surface area contributed by atoms with Crippen LogP contribution in [-0.2, 0) is 10.0 Å². The summed E-state index contributed by atoms with van der Waals surface area (Å²) in [5.41, 5.74) is 0.676. The predicted octanol–water partition coefficient (Wildman–Crippen LogP) is 3.11. The van der Waals surface area contributed by atoms with Gasteiger partial charge in [0.2, 0.25) is 10.0 Å². The first-order valence-electron chi connectivity index (χ1n) is 8.16. The van der Waals surface area contributed by atoms with Crippen LogP contribution in [0, 0.1) is 6.92 Å². The molecule has 1 saturated carbocycles. The van der Waals surface area contributed by atoms with Crippen LogP contribution in [0.5, 0.6) is 6.01 Å². The first-order chi connectivity index (χ1) is 11.9. The van der Waals surface area contributed by atoms with Crippen molar-refractivity contribution in [1.82, 2.24) is 14.7 Å². The van der Waals surface area contributed by atoms with Gasteiger partial charge in [0.1, 0.15) is 6.10 Å². The summed E-state index contributed by atoms with van der Waals surface area (Å²) in [5, 5.41) is 0.408. The Morgan fingerprint density at radius 1 is 1.16 bits per heavy atom. The second-order valence-corrected chi connectivity index (χ2v) is 8.27. The molecular weight excluding hydrogens is 362 g/mol. The summed E-state index contributed by atoms with van der Waals surface area (Å²) in [6.07, 6.45) is 6.19. The maximum Gasteiger partial charge on any atom is 0.316 e. The predicted molar refractivity (Wildman–Crippen MR) is 95.2 cm³/mol. The van der Waals surface area contributed by atoms with Gasteiger partial charge in [0.15, 0.2) is 0 Å². The van der Waals surface area contributed by atoms with E-state index in [1.165, 1.54) is 6.07 Å². The van der Waals surface area contributed by atoms with Crippen LogP contribution < -0.4 is 9.46 Å². The number of aromatic nitrogens is 2. The minimum absolute atomic E-state index is 0.0102. The number of halogens is 1. The molecule has 25 heavy (non-hydrogen) atoms. The quantitative estimate of drug-likeness (QED) is 0.860. The van der Waals surface area contributed by atoms with E-state index in [-0.39, 0.29) is 17.0 Å². The van der Waals surface area contributed by atoms with Gasteiger partial charge in [-0.15, -0.1) is 0 Å². The summed E-state index contributed by atoms with van der Waals surface area (Å²) in [7, 11) is -3.59. The standard InChI is InChI=1S/C17H20ClN3O3S/c1-12-3-4-13(18)11-16(12)25(22,23)21-14-5-7-15(8-6-14)24-17-19-9-2-10-20-17/h2-4,9-11,14-15,21H,5-8H2,1H3. The van der Waals surface area contributed by atoms with E-state index in [1.807, 2.05) is 0 Å². The summed E-state index contributed by atoms with van der Waals surface area (Å²) in [6.45, 7) is 1.76. The van der Waals surface area contributed by atoms with Gasteiger partial charge in [-0.25, -0.2) is 23.1 Å². The average Bonchev–Trinajstić information content (AvgIpc) is 2.59. The lowest BCUT2D eigenvalue weighted by Gasteiger charge is -2.28. The topological polar surface area (TPSA) is 81.2 Å². The molecule has 1 heterocycles. The molecule has 134 valence electrons. The van der Waals surface area contributed by atoms with E-state index < -0.39 is 10.0 Å². The van der Waals surface area contributed by atoms with E-state index >= 15 is 0 Å². The molecule has 6 nitrogen and oxygen atoms in total. The van der Waals surface area contributed by atoms with Crippen LogP contribution in [0.15, 0.2) is 41.6 Å². The van der Waals surface area contributed by atoms with Crippen LogP contribution in [0.2, 0.25) is 5.02 Å². The number of ether oxygens (including phenoxy) is 1. The van der Waals surface area contributed by atoms with Crippen LogP contribution >= 0.6 is 11.6 Å². The van der Waals surface area contributed by atoms with Crippen molar-refractivity contribution in [3.05, 3.63) is 47.2 Å². The van der Waals surface area contributed by atoms with Gasteiger partial charge in [-0.05, 0) is 56.4 Å². The van der Waals surface area contributed by atoms with Gasteiger partial charge in [0.25, 0.3) is 0 Å². The normalized spacial score (nSPS) is 21.0. The van der Waals surface area contributed by atoms with Crippen LogP contribution in [0.25, 0.3) is 0 Å². The Bertz CT molecular complexity index is 822. The highest BCUT2D eigenvalue weighted by molar-refractivity contribution is 7.89. The fourth-order valence-corrected chi connectivity index (χ4v) is 4.75. The molecule has 0 amide bonds. The molecule has 1 aliphatic carbocycles. The van der Waals surface area contributed by atoms with Crippen molar-refractivity contribution in [3.8, 4) is 6.01 Å². The lowest BCUT2D eigenvalue weighted by Crippen LogP contribution is -2.40. The number of sulfonamides is 1. The van der Waals surface area contributed by atoms with Crippen molar-refractivity contribution < 1.29 is 13.2 Å². The number of nitrogens with one attached hydrogen (secondary N) is 1. The van der Waals surface area contributed by atoms with Crippen LogP contribution in [-0.4, -0.2) is 30.5 Å². The molecular formula is C17H20ClN3O3S. The molecule has 1 fully saturated rings. The highest BCUT2D eigenvalue weighted by Gasteiger charge is 2.27. The summed E-state index contributed by atoms with van der Waals surface area (Å²) in [5.74, 6) is 0. The molecule has 2 aromatic rings. The Morgan fingerprint density at radius 2 is 1.84 bits per heavy atom. The molecule has 0 bridgehead atoms. The van der Waals surface area contributed by atoms with Crippen LogP contribution in [0.1, 0.15) is 31.2 Å². The average molecular weight is 382 g/mol. The molecule has 0 atom stereocenters. The molecule has 0 unspecified atom stereocenters. The van der Waals surface area contributed by atoms with Gasteiger partial charge in [0.05, 0.1) is 4.90 Å². The SMILES string of the molecule is Cc1ccc(Cl)cc1S(=O)(=O)NC1CCC(Oc2ncccn2)CC1. The van der Waals surface area contributed by atoms with E-state index in [1.54, 1.807) is 37.5 Å². The van der Waals surface area contributed by atoms with Crippen molar-refractivity contribution in [2.24, 2.45) is 0 Å². The van der Waals surface area contributed by atoms with Crippen molar-refractivity contribution in [2.75, 3.05) is 0 Å². The Hall–Kier alpha value is -1.70. The van der Waals surface area contributed by atoms with Crippen LogP contribution in [0.4, 0.5) is 0 Å². The second kappa shape index (κ2) is 7.68. The van der Waals surface area contributed by atoms with Gasteiger partial charge < -0.3 is 4.74 Å². The van der Waals surface area contributed by atoms with Crippen molar-refractivity contribution in [2.45, 2.75) is 49.6 Å². The monoisotopic (exact) mass is 381 g/mol. The number of benzene rings is 1. The van der Waals surface area contributed by atoms with E-state index in [0.717, 1.165) is 12.8 Å². The molecule has 0 spiro atoms. The molecule has 1 aliphatic rings. The molecule has 8 heteroatoms. The van der Waals surface area contributed by atoms with Crippen molar-refractivity contribution in [1.29, 1.82) is 0 Å². The van der Waals surface area contributed by atoms with Gasteiger partial charge in [-0.1, -0.05) is 17.7 Å². The number of hydrogen-bond acceptors (Lipinski definition) is 5. The zero-order valence-electron chi connectivity index (χ0n) is 13.9. The van der Waals surface area contributed by atoms with E-state index in [0.29, 0.717) is 29.4 Å². The zero-order valence-corrected chi connectivity index (χ0v) is 15.4. The summed E-state index contributed by atoms with van der Waals surface area (Å²) in [4.78, 5) is 8.34. The Kier molecular flexibility index (Phi) is 5.56. The van der Waals surface area contributed by atoms with Gasteiger partial charge in [0, 0.05) is 23.5 Å². The number of rotatable bonds is 5. The molecule has 0 radical (unpaired) electrons. The minimum Gasteiger partial charge on any atom is -0.460 e. The molecule has 0 aliphatic heterocycles. The van der Waals surface area contributed by atoms with Crippen LogP contribution in [0.3, 0.4) is 0 Å². The zero-order chi connectivity index (χ0) is 17.9. The first-order valence-corrected chi connectivity index (χ1v) is 10.0. The van der Waals surface area contributed by atoms with Gasteiger partial charge >= 0.3 is 6.01 Å². The molecule has 0 saturated heterocycles. The first kappa shape index (κ1) is 18.1. The van der Waals surface area contributed by atoms with E-state index in [9.17, 15) is 8.42 Å². The molecule has 1 N–H and O–H groups in total. The highest BCUT2D eigenvalue weighted by atomic mass is 35.5. The maximum absolute atomic E-state index is 12.6. The molecule has 1 aromatic heterocycles. The maximum atomic E-state index is 12.6. The smallest absolute Gasteiger partial charge is 0.316 e.